The molecule has 0 radical (unpaired) electrons. The molecule has 9 heteroatoms. The summed E-state index contributed by atoms with van der Waals surface area (Å²) in [6, 6.07) is 7.19. The zero-order valence-corrected chi connectivity index (χ0v) is 14.7. The first-order valence-corrected chi connectivity index (χ1v) is 8.71. The van der Waals surface area contributed by atoms with E-state index in [1.165, 1.54) is 11.8 Å². The van der Waals surface area contributed by atoms with E-state index in [4.69, 9.17) is 4.74 Å². The van der Waals surface area contributed by atoms with Gasteiger partial charge in [-0.1, -0.05) is 23.9 Å². The standard InChI is InChI=1S/C16H17N5O3S/c1-3-24-14(22)8-13-19-20-16(21(13)2)25-9-12-17-11-7-5-4-6-10(11)15(23)18-12/h4-7H,3,8-9H2,1-2H3,(H,17,18,23). The molecule has 0 unspecified atom stereocenters. The second-order valence-electron chi connectivity index (χ2n) is 5.26. The van der Waals surface area contributed by atoms with Crippen molar-refractivity contribution in [3.8, 4) is 0 Å². The fourth-order valence-corrected chi connectivity index (χ4v) is 3.10. The molecule has 2 heterocycles. The normalized spacial score (nSPS) is 11.0. The topological polar surface area (TPSA) is 103 Å². The van der Waals surface area contributed by atoms with Crippen LogP contribution in [-0.2, 0) is 28.8 Å². The molecule has 1 N–H and O–H groups in total. The van der Waals surface area contributed by atoms with E-state index in [0.29, 0.717) is 40.1 Å². The third kappa shape index (κ3) is 3.87. The number of hydrogen-bond donors (Lipinski definition) is 1. The van der Waals surface area contributed by atoms with E-state index in [0.717, 1.165) is 0 Å². The van der Waals surface area contributed by atoms with Crippen molar-refractivity contribution in [1.29, 1.82) is 0 Å². The Morgan fingerprint density at radius 2 is 2.12 bits per heavy atom. The van der Waals surface area contributed by atoms with Gasteiger partial charge in [0.1, 0.15) is 18.1 Å². The lowest BCUT2D eigenvalue weighted by molar-refractivity contribution is -0.142. The number of esters is 1. The molecule has 0 aliphatic heterocycles. The van der Waals surface area contributed by atoms with Crippen LogP contribution in [-0.4, -0.2) is 37.3 Å². The molecular weight excluding hydrogens is 342 g/mol. The number of aromatic nitrogens is 5. The number of rotatable bonds is 6. The van der Waals surface area contributed by atoms with E-state index in [2.05, 4.69) is 20.2 Å². The molecule has 0 amide bonds. The van der Waals surface area contributed by atoms with Gasteiger partial charge in [-0.05, 0) is 19.1 Å². The van der Waals surface area contributed by atoms with Gasteiger partial charge in [-0.2, -0.15) is 0 Å². The number of carbonyl (C=O) groups excluding carboxylic acids is 1. The molecule has 1 aromatic carbocycles. The summed E-state index contributed by atoms with van der Waals surface area (Å²) < 4.78 is 6.65. The number of hydrogen-bond acceptors (Lipinski definition) is 7. The predicted molar refractivity (Wildman–Crippen MR) is 93.3 cm³/mol. The van der Waals surface area contributed by atoms with E-state index in [1.807, 2.05) is 6.07 Å². The van der Waals surface area contributed by atoms with E-state index in [1.54, 1.807) is 36.7 Å². The zero-order chi connectivity index (χ0) is 17.8. The maximum absolute atomic E-state index is 12.1. The Bertz CT molecular complexity index is 966. The van der Waals surface area contributed by atoms with Crippen molar-refractivity contribution < 1.29 is 9.53 Å². The predicted octanol–water partition coefficient (Wildman–Crippen LogP) is 1.45. The smallest absolute Gasteiger partial charge is 0.313 e. The van der Waals surface area contributed by atoms with Gasteiger partial charge < -0.3 is 14.3 Å². The minimum absolute atomic E-state index is 0.0724. The lowest BCUT2D eigenvalue weighted by Crippen LogP contribution is -2.12. The van der Waals surface area contributed by atoms with Crippen LogP contribution in [0.5, 0.6) is 0 Å². The number of fused-ring (bicyclic) bond motifs is 1. The highest BCUT2D eigenvalue weighted by Gasteiger charge is 2.14. The van der Waals surface area contributed by atoms with Gasteiger partial charge in [-0.25, -0.2) is 4.98 Å². The summed E-state index contributed by atoms with van der Waals surface area (Å²) in [4.78, 5) is 30.9. The third-order valence-electron chi connectivity index (χ3n) is 3.53. The van der Waals surface area contributed by atoms with Crippen molar-refractivity contribution in [2.75, 3.05) is 6.61 Å². The van der Waals surface area contributed by atoms with Crippen molar-refractivity contribution >= 4 is 28.6 Å². The first-order valence-electron chi connectivity index (χ1n) is 7.73. The number of aromatic amines is 1. The van der Waals surface area contributed by atoms with Crippen LogP contribution in [0, 0.1) is 0 Å². The van der Waals surface area contributed by atoms with Gasteiger partial charge in [0, 0.05) is 7.05 Å². The monoisotopic (exact) mass is 359 g/mol. The molecule has 3 aromatic rings. The lowest BCUT2D eigenvalue weighted by atomic mass is 10.2. The molecule has 0 saturated carbocycles. The van der Waals surface area contributed by atoms with Crippen LogP contribution in [0.4, 0.5) is 0 Å². The van der Waals surface area contributed by atoms with E-state index in [-0.39, 0.29) is 17.9 Å². The molecule has 2 aromatic heterocycles. The SMILES string of the molecule is CCOC(=O)Cc1nnc(SCc2nc3ccccc3c(=O)[nH]2)n1C. The molecule has 0 bridgehead atoms. The summed E-state index contributed by atoms with van der Waals surface area (Å²) in [6.45, 7) is 2.09. The Hall–Kier alpha value is -2.68. The maximum Gasteiger partial charge on any atom is 0.313 e. The summed E-state index contributed by atoms with van der Waals surface area (Å²) in [5, 5.41) is 9.29. The van der Waals surface area contributed by atoms with Crippen LogP contribution < -0.4 is 5.56 Å². The number of benzene rings is 1. The molecule has 0 atom stereocenters. The number of para-hydroxylation sites is 1. The Labute approximate surface area is 147 Å². The van der Waals surface area contributed by atoms with Gasteiger partial charge in [0.2, 0.25) is 0 Å². The molecule has 0 fully saturated rings. The Balaban J connectivity index is 1.73. The number of H-pyrrole nitrogens is 1. The number of nitrogens with one attached hydrogen (secondary N) is 1. The van der Waals surface area contributed by atoms with Gasteiger partial charge >= 0.3 is 5.97 Å². The van der Waals surface area contributed by atoms with Gasteiger partial charge in [0.25, 0.3) is 5.56 Å². The summed E-state index contributed by atoms with van der Waals surface area (Å²) >= 11 is 1.38. The second kappa shape index (κ2) is 7.47. The van der Waals surface area contributed by atoms with Crippen molar-refractivity contribution in [2.45, 2.75) is 24.3 Å². The summed E-state index contributed by atoms with van der Waals surface area (Å²) in [7, 11) is 1.79. The number of thioether (sulfide) groups is 1. The molecule has 0 saturated heterocycles. The number of nitrogens with zero attached hydrogens (tertiary/aromatic N) is 4. The van der Waals surface area contributed by atoms with Crippen molar-refractivity contribution in [1.82, 2.24) is 24.7 Å². The van der Waals surface area contributed by atoms with E-state index >= 15 is 0 Å². The van der Waals surface area contributed by atoms with Gasteiger partial charge in [-0.3, -0.25) is 9.59 Å². The highest BCUT2D eigenvalue weighted by Crippen LogP contribution is 2.20. The van der Waals surface area contributed by atoms with Gasteiger partial charge in [0.15, 0.2) is 5.16 Å². The minimum Gasteiger partial charge on any atom is -0.466 e. The van der Waals surface area contributed by atoms with Gasteiger partial charge in [0.05, 0.1) is 23.3 Å². The summed E-state index contributed by atoms with van der Waals surface area (Å²) in [5.74, 6) is 1.19. The molecule has 0 aliphatic rings. The molecule has 3 rings (SSSR count). The van der Waals surface area contributed by atoms with Crippen molar-refractivity contribution in [2.24, 2.45) is 7.05 Å². The van der Waals surface area contributed by atoms with Crippen LogP contribution in [0.3, 0.4) is 0 Å². The maximum atomic E-state index is 12.1. The molecule has 25 heavy (non-hydrogen) atoms. The largest absolute Gasteiger partial charge is 0.466 e. The fourth-order valence-electron chi connectivity index (χ4n) is 2.30. The third-order valence-corrected chi connectivity index (χ3v) is 4.56. The first kappa shape index (κ1) is 17.2. The fraction of sp³-hybridized carbons (Fsp3) is 0.312. The highest BCUT2D eigenvalue weighted by atomic mass is 32.2. The Morgan fingerprint density at radius 1 is 1.32 bits per heavy atom. The molecule has 130 valence electrons. The van der Waals surface area contributed by atoms with Crippen LogP contribution in [0.15, 0.2) is 34.2 Å². The average molecular weight is 359 g/mol. The average Bonchev–Trinajstić information content (AvgIpc) is 2.93. The Morgan fingerprint density at radius 3 is 2.92 bits per heavy atom. The van der Waals surface area contributed by atoms with E-state index in [9.17, 15) is 9.59 Å². The van der Waals surface area contributed by atoms with Gasteiger partial charge in [-0.15, -0.1) is 10.2 Å². The molecule has 8 nitrogen and oxygen atoms in total. The molecule has 0 aliphatic carbocycles. The van der Waals surface area contributed by atoms with Crippen LogP contribution >= 0.6 is 11.8 Å². The zero-order valence-electron chi connectivity index (χ0n) is 13.9. The van der Waals surface area contributed by atoms with Crippen molar-refractivity contribution in [3.05, 3.63) is 46.3 Å². The summed E-state index contributed by atoms with van der Waals surface area (Å²) in [5.41, 5.74) is 0.491. The molecular formula is C16H17N5O3S. The van der Waals surface area contributed by atoms with Crippen molar-refractivity contribution in [3.63, 3.8) is 0 Å². The number of carbonyl (C=O) groups is 1. The highest BCUT2D eigenvalue weighted by molar-refractivity contribution is 7.98. The molecule has 0 spiro atoms. The first-order chi connectivity index (χ1) is 12.1. The Kier molecular flexibility index (Phi) is 5.13. The minimum atomic E-state index is -0.338. The lowest BCUT2D eigenvalue weighted by Gasteiger charge is -2.04. The van der Waals surface area contributed by atoms with Crippen LogP contribution in [0.25, 0.3) is 10.9 Å². The van der Waals surface area contributed by atoms with Crippen LogP contribution in [0.2, 0.25) is 0 Å². The quantitative estimate of drug-likeness (QED) is 0.525. The summed E-state index contributed by atoms with van der Waals surface area (Å²) in [6.07, 6.45) is 0.0724. The number of ether oxygens (including phenoxy) is 1. The van der Waals surface area contributed by atoms with Crippen LogP contribution in [0.1, 0.15) is 18.6 Å². The second-order valence-corrected chi connectivity index (χ2v) is 6.20. The van der Waals surface area contributed by atoms with E-state index < -0.39 is 0 Å².